The third kappa shape index (κ3) is 5.38. The van der Waals surface area contributed by atoms with E-state index >= 15 is 4.39 Å². The van der Waals surface area contributed by atoms with Crippen molar-refractivity contribution in [3.05, 3.63) is 64.2 Å². The maximum atomic E-state index is 15.3. The molecule has 0 aromatic heterocycles. The third-order valence-corrected chi connectivity index (χ3v) is 6.77. The molecule has 2 atom stereocenters. The molecule has 2 N–H and O–H groups in total. The smallest absolute Gasteiger partial charge is 0.410 e. The van der Waals surface area contributed by atoms with E-state index in [1.165, 1.54) is 0 Å². The number of benzene rings is 2. The summed E-state index contributed by atoms with van der Waals surface area (Å²) in [7, 11) is 0. The van der Waals surface area contributed by atoms with E-state index in [0.717, 1.165) is 48.1 Å². The van der Waals surface area contributed by atoms with Gasteiger partial charge in [-0.2, -0.15) is 0 Å². The Bertz CT molecular complexity index is 1100. The molecule has 0 bridgehead atoms. The lowest BCUT2D eigenvalue weighted by Gasteiger charge is -2.32. The predicted molar refractivity (Wildman–Crippen MR) is 135 cm³/mol. The maximum Gasteiger partial charge on any atom is 0.410 e. The molecule has 2 aromatic rings. The zero-order chi connectivity index (χ0) is 24.5. The SMILES string of the molecule is CC(C)(C)OC(=O)N(CCCc1ccc2c(c1)N=C(N)C1(F)CCCC21)Cc1cccc(Cl)c1. The molecule has 1 aliphatic heterocycles. The van der Waals surface area contributed by atoms with Gasteiger partial charge in [0, 0.05) is 24.0 Å². The summed E-state index contributed by atoms with van der Waals surface area (Å²) in [4.78, 5) is 19.0. The number of aliphatic imine (C=N–C) groups is 1. The van der Waals surface area contributed by atoms with E-state index in [4.69, 9.17) is 22.1 Å². The number of hydrogen-bond acceptors (Lipinski definition) is 4. The second-order valence-electron chi connectivity index (χ2n) is 10.3. The topological polar surface area (TPSA) is 67.9 Å². The van der Waals surface area contributed by atoms with Crippen LogP contribution in [0.15, 0.2) is 47.5 Å². The number of carbonyl (C=O) groups is 1. The molecule has 182 valence electrons. The molecule has 1 saturated carbocycles. The van der Waals surface area contributed by atoms with Crippen molar-refractivity contribution >= 4 is 29.2 Å². The molecule has 2 aromatic carbocycles. The second kappa shape index (κ2) is 9.57. The summed E-state index contributed by atoms with van der Waals surface area (Å²) in [6, 6.07) is 13.6. The van der Waals surface area contributed by atoms with Crippen molar-refractivity contribution in [2.45, 2.75) is 76.6 Å². The van der Waals surface area contributed by atoms with E-state index in [1.54, 1.807) is 4.90 Å². The maximum absolute atomic E-state index is 15.3. The number of nitrogens with zero attached hydrogens (tertiary/aromatic N) is 2. The van der Waals surface area contributed by atoms with Crippen LogP contribution in [0.5, 0.6) is 0 Å². The molecule has 1 fully saturated rings. The highest BCUT2D eigenvalue weighted by Crippen LogP contribution is 2.51. The fraction of sp³-hybridized carbons (Fsp3) is 0.481. The van der Waals surface area contributed by atoms with E-state index in [9.17, 15) is 4.79 Å². The first kappa shape index (κ1) is 24.5. The van der Waals surface area contributed by atoms with Crippen LogP contribution >= 0.6 is 11.6 Å². The van der Waals surface area contributed by atoms with E-state index in [0.29, 0.717) is 24.5 Å². The number of amidine groups is 1. The number of hydrogen-bond donors (Lipinski definition) is 1. The van der Waals surface area contributed by atoms with Gasteiger partial charge in [-0.3, -0.25) is 0 Å². The monoisotopic (exact) mass is 485 g/mol. The van der Waals surface area contributed by atoms with Crippen LogP contribution in [0.2, 0.25) is 5.02 Å². The van der Waals surface area contributed by atoms with Crippen LogP contribution in [0.4, 0.5) is 14.9 Å². The van der Waals surface area contributed by atoms with E-state index in [2.05, 4.69) is 4.99 Å². The first-order valence-corrected chi connectivity index (χ1v) is 12.3. The zero-order valence-corrected chi connectivity index (χ0v) is 20.9. The standard InChI is InChI=1S/C27H33ClFN3O2/c1-26(2,3)34-25(33)32(17-19-7-4-9-20(28)15-19)14-6-8-18-11-12-21-22-10-5-13-27(22,29)24(30)31-23(21)16-18/h4,7,9,11-12,15-16,22H,5-6,8,10,13-14,17H2,1-3H3,(H2,30,31). The number of rotatable bonds is 6. The third-order valence-electron chi connectivity index (χ3n) is 6.53. The average Bonchev–Trinajstić information content (AvgIpc) is 3.15. The summed E-state index contributed by atoms with van der Waals surface area (Å²) in [5.74, 6) is -0.0910. The number of carbonyl (C=O) groups excluding carboxylic acids is 1. The summed E-state index contributed by atoms with van der Waals surface area (Å²) < 4.78 is 20.9. The Labute approximate surface area is 206 Å². The van der Waals surface area contributed by atoms with Gasteiger partial charge < -0.3 is 15.4 Å². The Morgan fingerprint density at radius 2 is 2.06 bits per heavy atom. The van der Waals surface area contributed by atoms with Crippen LogP contribution in [0.3, 0.4) is 0 Å². The van der Waals surface area contributed by atoms with Crippen molar-refractivity contribution in [2.24, 2.45) is 10.7 Å². The summed E-state index contributed by atoms with van der Waals surface area (Å²) in [5.41, 5.74) is 7.73. The quantitative estimate of drug-likeness (QED) is 0.495. The lowest BCUT2D eigenvalue weighted by Crippen LogP contribution is -2.43. The van der Waals surface area contributed by atoms with Crippen LogP contribution < -0.4 is 5.73 Å². The van der Waals surface area contributed by atoms with Crippen LogP contribution in [-0.4, -0.2) is 34.6 Å². The lowest BCUT2D eigenvalue weighted by molar-refractivity contribution is 0.0231. The highest BCUT2D eigenvalue weighted by Gasteiger charge is 2.50. The summed E-state index contributed by atoms with van der Waals surface area (Å²) in [5, 5.41) is 0.634. The van der Waals surface area contributed by atoms with Crippen molar-refractivity contribution in [1.82, 2.24) is 4.90 Å². The van der Waals surface area contributed by atoms with Gasteiger partial charge in [0.15, 0.2) is 5.67 Å². The van der Waals surface area contributed by atoms with E-state index < -0.39 is 11.3 Å². The second-order valence-corrected chi connectivity index (χ2v) is 10.8. The Balaban J connectivity index is 1.44. The molecule has 1 amide bonds. The van der Waals surface area contributed by atoms with Gasteiger partial charge in [0.05, 0.1) is 5.69 Å². The Hall–Kier alpha value is -2.60. The average molecular weight is 486 g/mol. The number of amides is 1. The number of ether oxygens (including phenoxy) is 1. The Morgan fingerprint density at radius 1 is 1.26 bits per heavy atom. The van der Waals surface area contributed by atoms with Crippen molar-refractivity contribution in [3.63, 3.8) is 0 Å². The molecule has 0 saturated heterocycles. The molecule has 7 heteroatoms. The first-order chi connectivity index (χ1) is 16.0. The van der Waals surface area contributed by atoms with Crippen LogP contribution in [0.25, 0.3) is 0 Å². The fourth-order valence-corrected chi connectivity index (χ4v) is 5.14. The van der Waals surface area contributed by atoms with Gasteiger partial charge in [-0.1, -0.05) is 35.9 Å². The van der Waals surface area contributed by atoms with Crippen LogP contribution in [-0.2, 0) is 17.7 Å². The minimum absolute atomic E-state index is 0.109. The Kier molecular flexibility index (Phi) is 6.90. The van der Waals surface area contributed by atoms with Gasteiger partial charge in [0.2, 0.25) is 0 Å². The zero-order valence-electron chi connectivity index (χ0n) is 20.1. The number of alkyl halides is 1. The van der Waals surface area contributed by atoms with Crippen LogP contribution in [0, 0.1) is 0 Å². The molecule has 4 rings (SSSR count). The lowest BCUT2D eigenvalue weighted by atomic mass is 9.82. The molecule has 2 unspecified atom stereocenters. The molecule has 2 aliphatic rings. The van der Waals surface area contributed by atoms with Gasteiger partial charge in [0.25, 0.3) is 0 Å². The first-order valence-electron chi connectivity index (χ1n) is 11.9. The number of nitrogens with two attached hydrogens (primary N) is 1. The predicted octanol–water partition coefficient (Wildman–Crippen LogP) is 6.69. The molecule has 1 aliphatic carbocycles. The van der Waals surface area contributed by atoms with Gasteiger partial charge in [-0.25, -0.2) is 14.2 Å². The van der Waals surface area contributed by atoms with Gasteiger partial charge in [-0.05, 0) is 87.8 Å². The van der Waals surface area contributed by atoms with Gasteiger partial charge >= 0.3 is 6.09 Å². The highest BCUT2D eigenvalue weighted by atomic mass is 35.5. The van der Waals surface area contributed by atoms with E-state index in [-0.39, 0.29) is 17.8 Å². The Morgan fingerprint density at radius 3 is 2.79 bits per heavy atom. The number of halogens is 2. The van der Waals surface area contributed by atoms with Crippen molar-refractivity contribution in [2.75, 3.05) is 6.54 Å². The molecular formula is C27H33ClFN3O2. The molecule has 0 spiro atoms. The van der Waals surface area contributed by atoms with Crippen molar-refractivity contribution < 1.29 is 13.9 Å². The minimum atomic E-state index is -1.50. The summed E-state index contributed by atoms with van der Waals surface area (Å²) >= 11 is 6.13. The molecule has 0 radical (unpaired) electrons. The molecular weight excluding hydrogens is 453 g/mol. The van der Waals surface area contributed by atoms with E-state index in [1.807, 2.05) is 63.2 Å². The highest BCUT2D eigenvalue weighted by molar-refractivity contribution is 6.30. The molecule has 1 heterocycles. The van der Waals surface area contributed by atoms with Gasteiger partial charge in [0.1, 0.15) is 11.4 Å². The summed E-state index contributed by atoms with van der Waals surface area (Å²) in [6.07, 6.45) is 3.22. The number of aryl methyl sites for hydroxylation is 1. The van der Waals surface area contributed by atoms with Gasteiger partial charge in [-0.15, -0.1) is 0 Å². The normalized spacial score (nSPS) is 21.4. The summed E-state index contributed by atoms with van der Waals surface area (Å²) in [6.45, 7) is 6.52. The number of fused-ring (bicyclic) bond motifs is 3. The van der Waals surface area contributed by atoms with Crippen molar-refractivity contribution in [1.29, 1.82) is 0 Å². The minimum Gasteiger partial charge on any atom is -0.444 e. The molecule has 5 nitrogen and oxygen atoms in total. The largest absolute Gasteiger partial charge is 0.444 e. The fourth-order valence-electron chi connectivity index (χ4n) is 4.93. The van der Waals surface area contributed by atoms with Crippen molar-refractivity contribution in [3.8, 4) is 0 Å². The molecule has 34 heavy (non-hydrogen) atoms. The van der Waals surface area contributed by atoms with Crippen LogP contribution in [0.1, 0.15) is 69.1 Å².